The number of nitrogens with one attached hydrogen (secondary N) is 1. The molecule has 1 N–H and O–H groups in total. The Kier molecular flexibility index (Phi) is 4.13. The van der Waals surface area contributed by atoms with Crippen LogP contribution >= 0.6 is 11.6 Å². The summed E-state index contributed by atoms with van der Waals surface area (Å²) in [5.74, 6) is -0.282. The first-order chi connectivity index (χ1) is 8.89. The molecule has 0 unspecified atom stereocenters. The Morgan fingerprint density at radius 3 is 2.74 bits per heavy atom. The maximum Gasteiger partial charge on any atom is 0.243 e. The van der Waals surface area contributed by atoms with E-state index in [0.29, 0.717) is 5.02 Å². The van der Waals surface area contributed by atoms with E-state index in [1.54, 1.807) is 12.1 Å². The average molecular weight is 303 g/mol. The van der Waals surface area contributed by atoms with Crippen molar-refractivity contribution in [3.8, 4) is 0 Å². The van der Waals surface area contributed by atoms with Gasteiger partial charge in [0.25, 0.3) is 0 Å². The van der Waals surface area contributed by atoms with Crippen molar-refractivity contribution in [1.29, 1.82) is 0 Å². The third kappa shape index (κ3) is 3.68. The first-order valence-corrected chi connectivity index (χ1v) is 7.72. The lowest BCUT2D eigenvalue weighted by Crippen LogP contribution is -2.39. The molecule has 0 aliphatic heterocycles. The zero-order valence-corrected chi connectivity index (χ0v) is 12.0. The zero-order valence-electron chi connectivity index (χ0n) is 10.5. The van der Waals surface area contributed by atoms with E-state index in [9.17, 15) is 13.2 Å². The molecule has 1 amide bonds. The van der Waals surface area contributed by atoms with Crippen LogP contribution in [0.15, 0.2) is 29.2 Å². The first kappa shape index (κ1) is 14.3. The second-order valence-corrected chi connectivity index (χ2v) is 7.04. The Hall–Kier alpha value is -1.11. The molecule has 1 fully saturated rings. The number of carbonyl (C=O) groups excluding carboxylic acids is 1. The number of nitrogens with zero attached hydrogens (tertiary/aromatic N) is 1. The second kappa shape index (κ2) is 5.48. The van der Waals surface area contributed by atoms with Crippen molar-refractivity contribution in [2.45, 2.75) is 23.8 Å². The Balaban J connectivity index is 2.07. The van der Waals surface area contributed by atoms with Crippen molar-refractivity contribution in [1.82, 2.24) is 9.62 Å². The van der Waals surface area contributed by atoms with Gasteiger partial charge in [-0.2, -0.15) is 4.31 Å². The number of halogens is 1. The van der Waals surface area contributed by atoms with Gasteiger partial charge in [0, 0.05) is 18.1 Å². The van der Waals surface area contributed by atoms with E-state index < -0.39 is 10.0 Å². The molecule has 0 aromatic heterocycles. The molecule has 0 atom stereocenters. The number of sulfonamides is 1. The van der Waals surface area contributed by atoms with Crippen molar-refractivity contribution < 1.29 is 13.2 Å². The van der Waals surface area contributed by atoms with Crippen LogP contribution < -0.4 is 5.32 Å². The number of hydrogen-bond acceptors (Lipinski definition) is 3. The summed E-state index contributed by atoms with van der Waals surface area (Å²) in [5.41, 5.74) is 0. The van der Waals surface area contributed by atoms with Gasteiger partial charge in [0.15, 0.2) is 0 Å². The number of rotatable bonds is 5. The van der Waals surface area contributed by atoms with Gasteiger partial charge < -0.3 is 5.32 Å². The van der Waals surface area contributed by atoms with Crippen LogP contribution in [-0.4, -0.2) is 38.3 Å². The van der Waals surface area contributed by atoms with Gasteiger partial charge >= 0.3 is 0 Å². The van der Waals surface area contributed by atoms with Gasteiger partial charge in [-0.1, -0.05) is 17.7 Å². The molecule has 7 heteroatoms. The maximum absolute atomic E-state index is 12.2. The fourth-order valence-electron chi connectivity index (χ4n) is 1.60. The number of likely N-dealkylation sites (N-methyl/N-ethyl adjacent to an activating group) is 1. The van der Waals surface area contributed by atoms with Gasteiger partial charge in [0.05, 0.1) is 11.4 Å². The minimum absolute atomic E-state index is 0.0849. The van der Waals surface area contributed by atoms with Gasteiger partial charge in [-0.25, -0.2) is 8.42 Å². The predicted octanol–water partition coefficient (Wildman–Crippen LogP) is 1.24. The Labute approximate surface area is 117 Å². The maximum atomic E-state index is 12.2. The minimum Gasteiger partial charge on any atom is -0.352 e. The molecule has 1 aliphatic rings. The molecule has 0 spiro atoms. The number of hydrogen-bond donors (Lipinski definition) is 1. The minimum atomic E-state index is -3.68. The van der Waals surface area contributed by atoms with Gasteiger partial charge in [0.2, 0.25) is 15.9 Å². The van der Waals surface area contributed by atoms with Crippen molar-refractivity contribution in [3.05, 3.63) is 29.3 Å². The molecule has 1 aromatic carbocycles. The lowest BCUT2D eigenvalue weighted by Gasteiger charge is -2.16. The van der Waals surface area contributed by atoms with Crippen molar-refractivity contribution in [2.24, 2.45) is 0 Å². The zero-order chi connectivity index (χ0) is 14.0. The molecular weight excluding hydrogens is 288 g/mol. The molecule has 1 aromatic rings. The SMILES string of the molecule is CN(CC(=O)NC1CC1)S(=O)(=O)c1cccc(Cl)c1. The molecule has 19 heavy (non-hydrogen) atoms. The molecule has 0 saturated heterocycles. The summed E-state index contributed by atoms with van der Waals surface area (Å²) >= 11 is 5.78. The summed E-state index contributed by atoms with van der Waals surface area (Å²) < 4.78 is 25.4. The quantitative estimate of drug-likeness (QED) is 0.890. The Morgan fingerprint density at radius 1 is 1.47 bits per heavy atom. The molecule has 1 aliphatic carbocycles. The van der Waals surface area contributed by atoms with Crippen molar-refractivity contribution >= 4 is 27.5 Å². The Bertz CT molecular complexity index is 584. The van der Waals surface area contributed by atoms with Crippen molar-refractivity contribution in [2.75, 3.05) is 13.6 Å². The smallest absolute Gasteiger partial charge is 0.243 e. The van der Waals surface area contributed by atoms with Gasteiger partial charge in [-0.05, 0) is 31.0 Å². The van der Waals surface area contributed by atoms with Crippen LogP contribution in [0.25, 0.3) is 0 Å². The summed E-state index contributed by atoms with van der Waals surface area (Å²) in [6, 6.07) is 6.20. The van der Waals surface area contributed by atoms with Crippen LogP contribution in [0.5, 0.6) is 0 Å². The number of carbonyl (C=O) groups is 1. The highest BCUT2D eigenvalue weighted by atomic mass is 35.5. The van der Waals surface area contributed by atoms with E-state index in [2.05, 4.69) is 5.32 Å². The third-order valence-electron chi connectivity index (χ3n) is 2.81. The van der Waals surface area contributed by atoms with Gasteiger partial charge in [-0.15, -0.1) is 0 Å². The summed E-state index contributed by atoms with van der Waals surface area (Å²) in [7, 11) is -2.31. The average Bonchev–Trinajstić information content (AvgIpc) is 3.12. The topological polar surface area (TPSA) is 66.5 Å². The lowest BCUT2D eigenvalue weighted by molar-refractivity contribution is -0.121. The van der Waals surface area contributed by atoms with Crippen LogP contribution in [0.1, 0.15) is 12.8 Å². The van der Waals surface area contributed by atoms with E-state index in [-0.39, 0.29) is 23.4 Å². The molecule has 0 radical (unpaired) electrons. The van der Waals surface area contributed by atoms with E-state index in [0.717, 1.165) is 17.1 Å². The number of benzene rings is 1. The van der Waals surface area contributed by atoms with Gasteiger partial charge in [-0.3, -0.25) is 4.79 Å². The Morgan fingerprint density at radius 2 is 2.16 bits per heavy atom. The standard InChI is InChI=1S/C12H15ClN2O3S/c1-15(8-12(16)14-10-5-6-10)19(17,18)11-4-2-3-9(13)7-11/h2-4,7,10H,5-6,8H2,1H3,(H,14,16). The monoisotopic (exact) mass is 302 g/mol. The van der Waals surface area contributed by atoms with Crippen LogP contribution in [0.4, 0.5) is 0 Å². The molecule has 0 bridgehead atoms. The fraction of sp³-hybridized carbons (Fsp3) is 0.417. The highest BCUT2D eigenvalue weighted by Gasteiger charge is 2.27. The van der Waals surface area contributed by atoms with Crippen LogP contribution in [0.3, 0.4) is 0 Å². The van der Waals surface area contributed by atoms with Crippen LogP contribution in [0, 0.1) is 0 Å². The fourth-order valence-corrected chi connectivity index (χ4v) is 3.02. The van der Waals surface area contributed by atoms with E-state index in [1.165, 1.54) is 19.2 Å². The van der Waals surface area contributed by atoms with Crippen LogP contribution in [-0.2, 0) is 14.8 Å². The van der Waals surface area contributed by atoms with Crippen LogP contribution in [0.2, 0.25) is 5.02 Å². The molecular formula is C12H15ClN2O3S. The highest BCUT2D eigenvalue weighted by molar-refractivity contribution is 7.89. The first-order valence-electron chi connectivity index (χ1n) is 5.91. The number of amides is 1. The molecule has 0 heterocycles. The molecule has 104 valence electrons. The normalized spacial score (nSPS) is 15.5. The van der Waals surface area contributed by atoms with Crippen molar-refractivity contribution in [3.63, 3.8) is 0 Å². The largest absolute Gasteiger partial charge is 0.352 e. The molecule has 1 saturated carbocycles. The van der Waals surface area contributed by atoms with Gasteiger partial charge in [0.1, 0.15) is 0 Å². The lowest BCUT2D eigenvalue weighted by atomic mass is 10.4. The molecule has 2 rings (SSSR count). The highest BCUT2D eigenvalue weighted by Crippen LogP contribution is 2.20. The summed E-state index contributed by atoms with van der Waals surface area (Å²) in [5, 5.41) is 3.09. The molecule has 5 nitrogen and oxygen atoms in total. The third-order valence-corrected chi connectivity index (χ3v) is 4.85. The summed E-state index contributed by atoms with van der Waals surface area (Å²) in [4.78, 5) is 11.7. The van der Waals surface area contributed by atoms with E-state index in [1.807, 2.05) is 0 Å². The van der Waals surface area contributed by atoms with E-state index >= 15 is 0 Å². The summed E-state index contributed by atoms with van der Waals surface area (Å²) in [6.45, 7) is -0.189. The predicted molar refractivity (Wildman–Crippen MR) is 72.4 cm³/mol. The summed E-state index contributed by atoms with van der Waals surface area (Å²) in [6.07, 6.45) is 1.94. The van der Waals surface area contributed by atoms with E-state index in [4.69, 9.17) is 11.6 Å². The second-order valence-electron chi connectivity index (χ2n) is 4.56.